The fourth-order valence-corrected chi connectivity index (χ4v) is 1.87. The van der Waals surface area contributed by atoms with Crippen LogP contribution >= 0.6 is 0 Å². The highest BCUT2D eigenvalue weighted by Crippen LogP contribution is 2.25. The number of hydrogen-bond acceptors (Lipinski definition) is 6. The Morgan fingerprint density at radius 3 is 2.63 bits per heavy atom. The first-order valence-electron chi connectivity index (χ1n) is 6.14. The van der Waals surface area contributed by atoms with E-state index in [-0.39, 0.29) is 13.2 Å². The van der Waals surface area contributed by atoms with Crippen molar-refractivity contribution in [2.75, 3.05) is 24.3 Å². The number of nitrogens with one attached hydrogen (secondary N) is 1. The highest BCUT2D eigenvalue weighted by atomic mass is 16.3. The topological polar surface area (TPSA) is 104 Å². The molecule has 6 heteroatoms. The fraction of sp³-hybridized carbons (Fsp3) is 0.385. The zero-order valence-corrected chi connectivity index (χ0v) is 10.8. The Morgan fingerprint density at radius 1 is 1.26 bits per heavy atom. The Hall–Kier alpha value is -1.92. The minimum absolute atomic E-state index is 0.180. The number of aliphatic hydroxyl groups is 2. The van der Waals surface area contributed by atoms with E-state index in [1.807, 2.05) is 13.0 Å². The fourth-order valence-electron chi connectivity index (χ4n) is 1.87. The van der Waals surface area contributed by atoms with E-state index < -0.39 is 5.54 Å². The molecule has 0 aliphatic carbocycles. The van der Waals surface area contributed by atoms with Crippen LogP contribution in [0.3, 0.4) is 0 Å². The SMILES string of the molecule is CCC(CO)(CO)Nc1ncnc2cc(N)ccc12. The van der Waals surface area contributed by atoms with Crippen LogP contribution in [0.5, 0.6) is 0 Å². The molecule has 0 aliphatic heterocycles. The van der Waals surface area contributed by atoms with E-state index in [4.69, 9.17) is 5.73 Å². The molecule has 2 rings (SSSR count). The molecule has 1 aromatic heterocycles. The van der Waals surface area contributed by atoms with Crippen molar-refractivity contribution in [3.05, 3.63) is 24.5 Å². The molecule has 0 bridgehead atoms. The Kier molecular flexibility index (Phi) is 3.82. The van der Waals surface area contributed by atoms with Gasteiger partial charge in [-0.3, -0.25) is 0 Å². The van der Waals surface area contributed by atoms with E-state index in [0.29, 0.717) is 17.9 Å². The molecule has 0 spiro atoms. The third kappa shape index (κ3) is 2.59. The largest absolute Gasteiger partial charge is 0.399 e. The molecule has 0 radical (unpaired) electrons. The number of hydrogen-bond donors (Lipinski definition) is 4. The van der Waals surface area contributed by atoms with E-state index in [9.17, 15) is 10.2 Å². The number of nitrogens with zero attached hydrogens (tertiary/aromatic N) is 2. The molecule has 0 amide bonds. The minimum Gasteiger partial charge on any atom is -0.399 e. The molecule has 0 saturated heterocycles. The Bertz CT molecular complexity index is 561. The predicted molar refractivity (Wildman–Crippen MR) is 74.8 cm³/mol. The van der Waals surface area contributed by atoms with Crippen molar-refractivity contribution >= 4 is 22.4 Å². The summed E-state index contributed by atoms with van der Waals surface area (Å²) in [7, 11) is 0. The van der Waals surface area contributed by atoms with Gasteiger partial charge in [0, 0.05) is 11.1 Å². The van der Waals surface area contributed by atoms with Crippen LogP contribution in [0.1, 0.15) is 13.3 Å². The van der Waals surface area contributed by atoms with E-state index in [0.717, 1.165) is 10.9 Å². The summed E-state index contributed by atoms with van der Waals surface area (Å²) in [5.74, 6) is 0.579. The van der Waals surface area contributed by atoms with Gasteiger partial charge in [0.05, 0.1) is 24.3 Å². The second kappa shape index (κ2) is 5.38. The number of anilines is 2. The van der Waals surface area contributed by atoms with Crippen LogP contribution in [-0.4, -0.2) is 38.9 Å². The maximum atomic E-state index is 9.47. The van der Waals surface area contributed by atoms with Crippen LogP contribution in [0.25, 0.3) is 10.9 Å². The maximum absolute atomic E-state index is 9.47. The molecule has 5 N–H and O–H groups in total. The van der Waals surface area contributed by atoms with Gasteiger partial charge in [-0.1, -0.05) is 6.92 Å². The number of fused-ring (bicyclic) bond motifs is 1. The zero-order chi connectivity index (χ0) is 13.9. The molecule has 1 heterocycles. The lowest BCUT2D eigenvalue weighted by Crippen LogP contribution is -2.45. The van der Waals surface area contributed by atoms with Crippen molar-refractivity contribution < 1.29 is 10.2 Å². The molecule has 1 aromatic carbocycles. The van der Waals surface area contributed by atoms with Crippen molar-refractivity contribution in [2.45, 2.75) is 18.9 Å². The van der Waals surface area contributed by atoms with E-state index in [1.54, 1.807) is 12.1 Å². The Labute approximate surface area is 111 Å². The number of nitrogen functional groups attached to an aromatic ring is 1. The van der Waals surface area contributed by atoms with Crippen LogP contribution in [0, 0.1) is 0 Å². The first-order chi connectivity index (χ1) is 9.14. The lowest BCUT2D eigenvalue weighted by Gasteiger charge is -2.30. The van der Waals surface area contributed by atoms with E-state index >= 15 is 0 Å². The molecule has 0 saturated carbocycles. The molecule has 2 aromatic rings. The molecule has 0 unspecified atom stereocenters. The number of aromatic nitrogens is 2. The van der Waals surface area contributed by atoms with Crippen LogP contribution < -0.4 is 11.1 Å². The molecular formula is C13H18N4O2. The predicted octanol–water partition coefficient (Wildman–Crippen LogP) is 0.757. The second-order valence-electron chi connectivity index (χ2n) is 4.57. The average molecular weight is 262 g/mol. The molecule has 6 nitrogen and oxygen atoms in total. The molecule has 0 aliphatic rings. The smallest absolute Gasteiger partial charge is 0.137 e. The standard InChI is InChI=1S/C13H18N4O2/c1-2-13(6-18,7-19)17-12-10-4-3-9(14)5-11(10)15-8-16-12/h3-5,8,18-19H,2,6-7,14H2,1H3,(H,15,16,17). The molecular weight excluding hydrogens is 244 g/mol. The van der Waals surface area contributed by atoms with Crippen molar-refractivity contribution in [1.82, 2.24) is 9.97 Å². The zero-order valence-electron chi connectivity index (χ0n) is 10.8. The van der Waals surface area contributed by atoms with Gasteiger partial charge in [-0.15, -0.1) is 0 Å². The highest BCUT2D eigenvalue weighted by molar-refractivity contribution is 5.90. The lowest BCUT2D eigenvalue weighted by molar-refractivity contribution is 0.132. The Morgan fingerprint density at radius 2 is 2.00 bits per heavy atom. The molecule has 19 heavy (non-hydrogen) atoms. The van der Waals surface area contributed by atoms with Gasteiger partial charge in [0.1, 0.15) is 12.1 Å². The summed E-state index contributed by atoms with van der Waals surface area (Å²) in [5.41, 5.74) is 6.28. The summed E-state index contributed by atoms with van der Waals surface area (Å²) in [6, 6.07) is 5.35. The lowest BCUT2D eigenvalue weighted by atomic mass is 9.98. The summed E-state index contributed by atoms with van der Waals surface area (Å²) in [4.78, 5) is 8.33. The molecule has 0 fully saturated rings. The van der Waals surface area contributed by atoms with Crippen molar-refractivity contribution in [3.8, 4) is 0 Å². The van der Waals surface area contributed by atoms with Gasteiger partial charge < -0.3 is 21.3 Å². The number of aliphatic hydroxyl groups excluding tert-OH is 2. The van der Waals surface area contributed by atoms with Crippen molar-refractivity contribution in [1.29, 1.82) is 0 Å². The minimum atomic E-state index is -0.789. The van der Waals surface area contributed by atoms with Crippen LogP contribution in [0.4, 0.5) is 11.5 Å². The van der Waals surface area contributed by atoms with Gasteiger partial charge in [-0.05, 0) is 24.6 Å². The number of rotatable bonds is 5. The normalized spacial score (nSPS) is 11.7. The van der Waals surface area contributed by atoms with E-state index in [1.165, 1.54) is 6.33 Å². The first-order valence-corrected chi connectivity index (χ1v) is 6.14. The van der Waals surface area contributed by atoms with Gasteiger partial charge in [-0.25, -0.2) is 9.97 Å². The summed E-state index contributed by atoms with van der Waals surface area (Å²) in [6.45, 7) is 1.53. The summed E-state index contributed by atoms with van der Waals surface area (Å²) < 4.78 is 0. The first kappa shape index (κ1) is 13.5. The van der Waals surface area contributed by atoms with Gasteiger partial charge in [0.15, 0.2) is 0 Å². The molecule has 0 atom stereocenters. The third-order valence-corrected chi connectivity index (χ3v) is 3.33. The quantitative estimate of drug-likeness (QED) is 0.593. The summed E-state index contributed by atoms with van der Waals surface area (Å²) in [6.07, 6.45) is 2.00. The summed E-state index contributed by atoms with van der Waals surface area (Å²) >= 11 is 0. The van der Waals surface area contributed by atoms with Crippen LogP contribution in [0.15, 0.2) is 24.5 Å². The van der Waals surface area contributed by atoms with Gasteiger partial charge in [0.2, 0.25) is 0 Å². The maximum Gasteiger partial charge on any atom is 0.137 e. The van der Waals surface area contributed by atoms with Gasteiger partial charge in [-0.2, -0.15) is 0 Å². The van der Waals surface area contributed by atoms with Crippen molar-refractivity contribution in [2.24, 2.45) is 0 Å². The van der Waals surface area contributed by atoms with Crippen molar-refractivity contribution in [3.63, 3.8) is 0 Å². The summed E-state index contributed by atoms with van der Waals surface area (Å²) in [5, 5.41) is 22.9. The van der Waals surface area contributed by atoms with Gasteiger partial charge >= 0.3 is 0 Å². The van der Waals surface area contributed by atoms with Crippen LogP contribution in [-0.2, 0) is 0 Å². The average Bonchev–Trinajstić information content (AvgIpc) is 2.44. The number of nitrogens with two attached hydrogens (primary N) is 1. The second-order valence-corrected chi connectivity index (χ2v) is 4.57. The van der Waals surface area contributed by atoms with Crippen LogP contribution in [0.2, 0.25) is 0 Å². The Balaban J connectivity index is 2.45. The molecule has 102 valence electrons. The highest BCUT2D eigenvalue weighted by Gasteiger charge is 2.27. The third-order valence-electron chi connectivity index (χ3n) is 3.33. The monoisotopic (exact) mass is 262 g/mol. The van der Waals surface area contributed by atoms with E-state index in [2.05, 4.69) is 15.3 Å². The number of benzene rings is 1. The van der Waals surface area contributed by atoms with Gasteiger partial charge in [0.25, 0.3) is 0 Å².